The van der Waals surface area contributed by atoms with Gasteiger partial charge in [-0.05, 0) is 38.5 Å². The monoisotopic (exact) mass is 294 g/mol. The van der Waals surface area contributed by atoms with E-state index in [9.17, 15) is 4.79 Å². The number of hydrogen-bond donors (Lipinski definition) is 1. The van der Waals surface area contributed by atoms with Crippen LogP contribution in [0.25, 0.3) is 0 Å². The van der Waals surface area contributed by atoms with Crippen molar-refractivity contribution in [1.29, 1.82) is 0 Å². The number of benzene rings is 1. The lowest BCUT2D eigenvalue weighted by Gasteiger charge is -2.25. The fraction of sp³-hybridized carbons (Fsp3) is 0.562. The molecule has 0 aliphatic rings. The summed E-state index contributed by atoms with van der Waals surface area (Å²) in [6, 6.07) is 7.99. The molecule has 0 radical (unpaired) electrons. The van der Waals surface area contributed by atoms with Gasteiger partial charge in [0.1, 0.15) is 12.4 Å². The maximum Gasteiger partial charge on any atom is 0.320 e. The molecular formula is C16H26N2O3. The number of esters is 1. The molecule has 1 aromatic carbocycles. The van der Waals surface area contributed by atoms with Gasteiger partial charge in [0, 0.05) is 19.1 Å². The van der Waals surface area contributed by atoms with Crippen molar-refractivity contribution in [3.8, 4) is 5.75 Å². The zero-order valence-corrected chi connectivity index (χ0v) is 13.2. The predicted octanol–water partition coefficient (Wildman–Crippen LogP) is 1.80. The minimum Gasteiger partial charge on any atom is -0.492 e. The predicted molar refractivity (Wildman–Crippen MR) is 83.2 cm³/mol. The molecule has 0 aliphatic heterocycles. The van der Waals surface area contributed by atoms with Crippen LogP contribution in [-0.4, -0.2) is 43.2 Å². The molecule has 0 fully saturated rings. The fourth-order valence-electron chi connectivity index (χ4n) is 1.89. The van der Waals surface area contributed by atoms with E-state index in [1.54, 1.807) is 0 Å². The van der Waals surface area contributed by atoms with Crippen molar-refractivity contribution >= 4 is 5.97 Å². The molecule has 0 heterocycles. The van der Waals surface area contributed by atoms with Gasteiger partial charge in [0.15, 0.2) is 0 Å². The Morgan fingerprint density at radius 3 is 2.48 bits per heavy atom. The van der Waals surface area contributed by atoms with Gasteiger partial charge < -0.3 is 15.2 Å². The first-order chi connectivity index (χ1) is 10.1. The molecule has 0 atom stereocenters. The van der Waals surface area contributed by atoms with Crippen LogP contribution in [0.5, 0.6) is 5.75 Å². The van der Waals surface area contributed by atoms with E-state index in [1.807, 2.05) is 36.1 Å². The molecule has 5 heteroatoms. The third-order valence-electron chi connectivity index (χ3n) is 3.17. The van der Waals surface area contributed by atoms with Crippen molar-refractivity contribution in [3.05, 3.63) is 29.8 Å². The Balaban J connectivity index is 2.40. The summed E-state index contributed by atoms with van der Waals surface area (Å²) in [6.45, 7) is 8.35. The van der Waals surface area contributed by atoms with Crippen LogP contribution in [0.4, 0.5) is 0 Å². The molecular weight excluding hydrogens is 268 g/mol. The van der Waals surface area contributed by atoms with Gasteiger partial charge >= 0.3 is 5.97 Å². The molecule has 1 rings (SSSR count). The largest absolute Gasteiger partial charge is 0.492 e. The maximum atomic E-state index is 11.5. The van der Waals surface area contributed by atoms with Crippen LogP contribution in [0, 0.1) is 0 Å². The third kappa shape index (κ3) is 6.60. The molecule has 0 saturated carbocycles. The molecule has 0 aromatic heterocycles. The Morgan fingerprint density at radius 1 is 1.29 bits per heavy atom. The Morgan fingerprint density at radius 2 is 1.95 bits per heavy atom. The number of hydrogen-bond acceptors (Lipinski definition) is 5. The first-order valence-corrected chi connectivity index (χ1v) is 7.38. The van der Waals surface area contributed by atoms with Crippen LogP contribution in [0.2, 0.25) is 0 Å². The Hall–Kier alpha value is -1.59. The number of nitrogens with zero attached hydrogens (tertiary/aromatic N) is 1. The zero-order chi connectivity index (χ0) is 15.7. The topological polar surface area (TPSA) is 64.8 Å². The van der Waals surface area contributed by atoms with E-state index < -0.39 is 0 Å². The highest BCUT2D eigenvalue weighted by Crippen LogP contribution is 2.12. The first kappa shape index (κ1) is 17.5. The van der Waals surface area contributed by atoms with Gasteiger partial charge in [0.2, 0.25) is 0 Å². The molecule has 2 N–H and O–H groups in total. The molecule has 0 amide bonds. The quantitative estimate of drug-likeness (QED) is 0.704. The zero-order valence-electron chi connectivity index (χ0n) is 13.2. The summed E-state index contributed by atoms with van der Waals surface area (Å²) >= 11 is 0. The van der Waals surface area contributed by atoms with Crippen LogP contribution in [0.3, 0.4) is 0 Å². The second kappa shape index (κ2) is 9.37. The summed E-state index contributed by atoms with van der Waals surface area (Å²) < 4.78 is 10.7. The van der Waals surface area contributed by atoms with Gasteiger partial charge in [-0.15, -0.1) is 0 Å². The highest BCUT2D eigenvalue weighted by molar-refractivity contribution is 5.71. The van der Waals surface area contributed by atoms with Crippen molar-refractivity contribution < 1.29 is 14.3 Å². The van der Waals surface area contributed by atoms with E-state index in [-0.39, 0.29) is 12.0 Å². The smallest absolute Gasteiger partial charge is 0.320 e. The minimum absolute atomic E-state index is 0.196. The van der Waals surface area contributed by atoms with E-state index in [4.69, 9.17) is 15.2 Å². The molecule has 1 aromatic rings. The lowest BCUT2D eigenvalue weighted by Crippen LogP contribution is -2.39. The SMILES string of the molecule is CCOC(=O)CN(CCOc1ccc(CN)cc1)C(C)C. The lowest BCUT2D eigenvalue weighted by atomic mass is 10.2. The normalized spacial score (nSPS) is 11.0. The van der Waals surface area contributed by atoms with Gasteiger partial charge in [-0.2, -0.15) is 0 Å². The van der Waals surface area contributed by atoms with E-state index in [0.29, 0.717) is 32.8 Å². The molecule has 5 nitrogen and oxygen atoms in total. The summed E-state index contributed by atoms with van der Waals surface area (Å²) in [5, 5.41) is 0. The van der Waals surface area contributed by atoms with Crippen molar-refractivity contribution in [1.82, 2.24) is 4.90 Å². The highest BCUT2D eigenvalue weighted by atomic mass is 16.5. The van der Waals surface area contributed by atoms with Gasteiger partial charge in [0.25, 0.3) is 0 Å². The van der Waals surface area contributed by atoms with Crippen LogP contribution in [0.1, 0.15) is 26.3 Å². The average molecular weight is 294 g/mol. The van der Waals surface area contributed by atoms with Crippen LogP contribution < -0.4 is 10.5 Å². The van der Waals surface area contributed by atoms with Crippen molar-refractivity contribution in [2.24, 2.45) is 5.73 Å². The molecule has 0 saturated heterocycles. The minimum atomic E-state index is -0.196. The lowest BCUT2D eigenvalue weighted by molar-refractivity contribution is -0.145. The van der Waals surface area contributed by atoms with Gasteiger partial charge in [-0.3, -0.25) is 9.69 Å². The summed E-state index contributed by atoms with van der Waals surface area (Å²) in [6.07, 6.45) is 0. The number of nitrogens with two attached hydrogens (primary N) is 1. The second-order valence-electron chi connectivity index (χ2n) is 5.07. The number of carbonyl (C=O) groups excluding carboxylic acids is 1. The number of ether oxygens (including phenoxy) is 2. The van der Waals surface area contributed by atoms with E-state index in [1.165, 1.54) is 0 Å². The molecule has 0 spiro atoms. The Kier molecular flexibility index (Phi) is 7.79. The van der Waals surface area contributed by atoms with Crippen molar-refractivity contribution in [2.45, 2.75) is 33.4 Å². The van der Waals surface area contributed by atoms with Gasteiger partial charge in [-0.1, -0.05) is 12.1 Å². The third-order valence-corrected chi connectivity index (χ3v) is 3.17. The summed E-state index contributed by atoms with van der Waals surface area (Å²) in [4.78, 5) is 13.6. The standard InChI is InChI=1S/C16H26N2O3/c1-4-20-16(19)12-18(13(2)3)9-10-21-15-7-5-14(11-17)6-8-15/h5-8,13H,4,9-12,17H2,1-3H3. The van der Waals surface area contributed by atoms with Crippen LogP contribution in [-0.2, 0) is 16.1 Å². The Labute approximate surface area is 127 Å². The van der Waals surface area contributed by atoms with E-state index in [0.717, 1.165) is 11.3 Å². The van der Waals surface area contributed by atoms with Gasteiger partial charge in [0.05, 0.1) is 13.2 Å². The molecule has 118 valence electrons. The maximum absolute atomic E-state index is 11.5. The van der Waals surface area contributed by atoms with E-state index >= 15 is 0 Å². The van der Waals surface area contributed by atoms with Gasteiger partial charge in [-0.25, -0.2) is 0 Å². The number of rotatable bonds is 9. The second-order valence-corrected chi connectivity index (χ2v) is 5.07. The fourth-order valence-corrected chi connectivity index (χ4v) is 1.89. The molecule has 0 aliphatic carbocycles. The Bertz CT molecular complexity index is 418. The number of carbonyl (C=O) groups is 1. The molecule has 21 heavy (non-hydrogen) atoms. The molecule has 0 unspecified atom stereocenters. The molecule has 0 bridgehead atoms. The first-order valence-electron chi connectivity index (χ1n) is 7.38. The average Bonchev–Trinajstić information content (AvgIpc) is 2.47. The highest BCUT2D eigenvalue weighted by Gasteiger charge is 2.14. The van der Waals surface area contributed by atoms with E-state index in [2.05, 4.69) is 13.8 Å². The van der Waals surface area contributed by atoms with Crippen LogP contribution >= 0.6 is 0 Å². The van der Waals surface area contributed by atoms with Crippen molar-refractivity contribution in [2.75, 3.05) is 26.3 Å². The van der Waals surface area contributed by atoms with Crippen LogP contribution in [0.15, 0.2) is 24.3 Å². The summed E-state index contributed by atoms with van der Waals surface area (Å²) in [7, 11) is 0. The summed E-state index contributed by atoms with van der Waals surface area (Å²) in [5.74, 6) is 0.616. The van der Waals surface area contributed by atoms with Crippen molar-refractivity contribution in [3.63, 3.8) is 0 Å². The summed E-state index contributed by atoms with van der Waals surface area (Å²) in [5.41, 5.74) is 6.63.